The summed E-state index contributed by atoms with van der Waals surface area (Å²) in [4.78, 5) is 14.8. The van der Waals surface area contributed by atoms with Crippen LogP contribution >= 0.6 is 23.6 Å². The molecular formula is C19H26N6S2. The lowest BCUT2D eigenvalue weighted by Crippen LogP contribution is -2.46. The maximum Gasteiger partial charge on any atom is 0.229 e. The second-order valence-electron chi connectivity index (χ2n) is 6.74. The lowest BCUT2D eigenvalue weighted by Gasteiger charge is -2.17. The van der Waals surface area contributed by atoms with Crippen molar-refractivity contribution in [1.29, 1.82) is 0 Å². The van der Waals surface area contributed by atoms with Gasteiger partial charge < -0.3 is 10.6 Å². The maximum atomic E-state index is 5.48. The molecule has 0 unspecified atom stereocenters. The zero-order chi connectivity index (χ0) is 19.1. The van der Waals surface area contributed by atoms with Gasteiger partial charge in [-0.15, -0.1) is 11.3 Å². The number of thiocarbonyl (C=S) groups is 1. The summed E-state index contributed by atoms with van der Waals surface area (Å²) in [5.74, 6) is 1.10. The van der Waals surface area contributed by atoms with Gasteiger partial charge in [0, 0.05) is 35.3 Å². The molecule has 144 valence electrons. The van der Waals surface area contributed by atoms with Crippen molar-refractivity contribution in [3.8, 4) is 0 Å². The van der Waals surface area contributed by atoms with Gasteiger partial charge in [-0.3, -0.25) is 10.3 Å². The van der Waals surface area contributed by atoms with Crippen LogP contribution in [0.25, 0.3) is 0 Å². The largest absolute Gasteiger partial charge is 0.360 e. The Hall–Kier alpha value is -2.06. The van der Waals surface area contributed by atoms with E-state index in [2.05, 4.69) is 48.4 Å². The molecule has 3 N–H and O–H groups in total. The number of nitrogens with one attached hydrogen (secondary N) is 3. The van der Waals surface area contributed by atoms with Crippen LogP contribution in [-0.4, -0.2) is 33.6 Å². The molecule has 1 aliphatic rings. The molecule has 2 aromatic heterocycles. The van der Waals surface area contributed by atoms with Gasteiger partial charge in [0.1, 0.15) is 0 Å². The first-order valence-electron chi connectivity index (χ1n) is 9.32. The first-order valence-corrected chi connectivity index (χ1v) is 10.6. The van der Waals surface area contributed by atoms with Gasteiger partial charge in [-0.1, -0.05) is 18.9 Å². The summed E-state index contributed by atoms with van der Waals surface area (Å²) >= 11 is 7.23. The van der Waals surface area contributed by atoms with Crippen molar-refractivity contribution in [2.75, 3.05) is 11.9 Å². The van der Waals surface area contributed by atoms with E-state index in [0.717, 1.165) is 17.8 Å². The molecular weight excluding hydrogens is 376 g/mol. The van der Waals surface area contributed by atoms with Gasteiger partial charge in [-0.2, -0.15) is 0 Å². The number of rotatable bonds is 5. The van der Waals surface area contributed by atoms with E-state index in [0.29, 0.717) is 29.6 Å². The fraction of sp³-hybridized carbons (Fsp3) is 0.474. The molecule has 0 radical (unpaired) electrons. The number of hydrogen-bond acceptors (Lipinski definition) is 5. The number of nitrogens with zero attached hydrogens (tertiary/aromatic N) is 3. The molecule has 1 fully saturated rings. The Kier molecular flexibility index (Phi) is 7.11. The van der Waals surface area contributed by atoms with Crippen LogP contribution in [-0.2, 0) is 6.42 Å². The molecule has 3 rings (SSSR count). The Morgan fingerprint density at radius 2 is 2.00 bits per heavy atom. The van der Waals surface area contributed by atoms with E-state index >= 15 is 0 Å². The van der Waals surface area contributed by atoms with E-state index < -0.39 is 0 Å². The summed E-state index contributed by atoms with van der Waals surface area (Å²) in [5, 5.41) is 12.4. The quantitative estimate of drug-likeness (QED) is 0.403. The first kappa shape index (κ1) is 19.7. The summed E-state index contributed by atoms with van der Waals surface area (Å²) in [5.41, 5.74) is 1.82. The number of thiophene rings is 1. The lowest BCUT2D eigenvalue weighted by molar-refractivity contribution is 0.629. The number of anilines is 1. The van der Waals surface area contributed by atoms with Gasteiger partial charge >= 0.3 is 0 Å². The molecule has 2 aromatic rings. The molecule has 1 aliphatic carbocycles. The number of aromatic nitrogens is 2. The predicted molar refractivity (Wildman–Crippen MR) is 117 cm³/mol. The highest BCUT2D eigenvalue weighted by Crippen LogP contribution is 2.17. The van der Waals surface area contributed by atoms with E-state index in [1.165, 1.54) is 30.6 Å². The van der Waals surface area contributed by atoms with Crippen LogP contribution in [0.15, 0.2) is 28.6 Å². The Balaban J connectivity index is 1.65. The standard InChI is InChI=1S/C19H26N6S2/c1-13-12-14(2)22-18(21-13)24-17(20-10-9-16-8-5-11-27-16)25-19(26)23-15-6-3-4-7-15/h5,8,11-12,15H,3-4,6-7,9-10H2,1-2H3,(H3,20,21,22,23,24,25,26). The van der Waals surface area contributed by atoms with Crippen LogP contribution in [0.1, 0.15) is 41.9 Å². The van der Waals surface area contributed by atoms with Gasteiger partial charge in [0.25, 0.3) is 0 Å². The summed E-state index contributed by atoms with van der Waals surface area (Å²) in [7, 11) is 0. The second kappa shape index (κ2) is 9.75. The molecule has 0 bridgehead atoms. The lowest BCUT2D eigenvalue weighted by atomic mass is 10.3. The molecule has 0 spiro atoms. The number of aliphatic imine (C=N–C) groups is 1. The van der Waals surface area contributed by atoms with Crippen LogP contribution < -0.4 is 16.0 Å². The second-order valence-corrected chi connectivity index (χ2v) is 8.18. The molecule has 0 aliphatic heterocycles. The van der Waals surface area contributed by atoms with Gasteiger partial charge in [0.2, 0.25) is 11.9 Å². The van der Waals surface area contributed by atoms with E-state index in [-0.39, 0.29) is 0 Å². The van der Waals surface area contributed by atoms with Crippen molar-refractivity contribution in [2.45, 2.75) is 52.0 Å². The average molecular weight is 403 g/mol. The number of guanidine groups is 1. The zero-order valence-electron chi connectivity index (χ0n) is 15.8. The van der Waals surface area contributed by atoms with Crippen molar-refractivity contribution >= 4 is 40.6 Å². The van der Waals surface area contributed by atoms with Crippen LogP contribution in [0.2, 0.25) is 0 Å². The van der Waals surface area contributed by atoms with Crippen LogP contribution in [0.5, 0.6) is 0 Å². The smallest absolute Gasteiger partial charge is 0.229 e. The average Bonchev–Trinajstić information content (AvgIpc) is 3.27. The molecule has 2 heterocycles. The predicted octanol–water partition coefficient (Wildman–Crippen LogP) is 3.57. The Morgan fingerprint density at radius 1 is 1.26 bits per heavy atom. The fourth-order valence-corrected chi connectivity index (χ4v) is 4.09. The van der Waals surface area contributed by atoms with Crippen LogP contribution in [0.3, 0.4) is 0 Å². The van der Waals surface area contributed by atoms with Gasteiger partial charge in [0.05, 0.1) is 0 Å². The minimum absolute atomic E-state index is 0.454. The first-order chi connectivity index (χ1) is 13.1. The van der Waals surface area contributed by atoms with E-state index in [1.54, 1.807) is 11.3 Å². The maximum absolute atomic E-state index is 5.48. The SMILES string of the molecule is Cc1cc(C)nc(NC(=NCCc2cccs2)NC(=S)NC2CCCC2)n1. The third-order valence-corrected chi connectivity index (χ3v) is 5.50. The molecule has 0 saturated heterocycles. The molecule has 0 amide bonds. The van der Waals surface area contributed by atoms with Crippen molar-refractivity contribution in [3.63, 3.8) is 0 Å². The topological polar surface area (TPSA) is 74.2 Å². The molecule has 1 saturated carbocycles. The Bertz CT molecular complexity index is 761. The monoisotopic (exact) mass is 402 g/mol. The molecule has 6 nitrogen and oxygen atoms in total. The van der Waals surface area contributed by atoms with Crippen LogP contribution in [0, 0.1) is 13.8 Å². The summed E-state index contributed by atoms with van der Waals surface area (Å²) in [6.07, 6.45) is 5.75. The Labute approximate surface area is 169 Å². The van der Waals surface area contributed by atoms with E-state index in [4.69, 9.17) is 12.2 Å². The van der Waals surface area contributed by atoms with E-state index in [9.17, 15) is 0 Å². The highest BCUT2D eigenvalue weighted by molar-refractivity contribution is 7.80. The summed E-state index contributed by atoms with van der Waals surface area (Å²) < 4.78 is 0. The van der Waals surface area contributed by atoms with Crippen molar-refractivity contribution in [2.24, 2.45) is 4.99 Å². The third kappa shape index (κ3) is 6.55. The molecule has 0 aromatic carbocycles. The third-order valence-electron chi connectivity index (χ3n) is 4.34. The highest BCUT2D eigenvalue weighted by atomic mass is 32.1. The highest BCUT2D eigenvalue weighted by Gasteiger charge is 2.16. The van der Waals surface area contributed by atoms with Gasteiger partial charge in [-0.05, 0) is 56.4 Å². The van der Waals surface area contributed by atoms with E-state index in [1.807, 2.05) is 19.9 Å². The number of aryl methyl sites for hydroxylation is 2. The molecule has 27 heavy (non-hydrogen) atoms. The summed E-state index contributed by atoms with van der Waals surface area (Å²) in [6.45, 7) is 4.56. The fourth-order valence-electron chi connectivity index (χ4n) is 3.13. The van der Waals surface area contributed by atoms with Crippen molar-refractivity contribution in [3.05, 3.63) is 39.8 Å². The normalized spacial score (nSPS) is 15.0. The number of hydrogen-bond donors (Lipinski definition) is 3. The minimum atomic E-state index is 0.454. The zero-order valence-corrected chi connectivity index (χ0v) is 17.4. The van der Waals surface area contributed by atoms with Gasteiger partial charge in [0.15, 0.2) is 5.11 Å². The molecule has 0 atom stereocenters. The summed E-state index contributed by atoms with van der Waals surface area (Å²) in [6, 6.07) is 6.58. The van der Waals surface area contributed by atoms with Crippen molar-refractivity contribution in [1.82, 2.24) is 20.6 Å². The van der Waals surface area contributed by atoms with Crippen molar-refractivity contribution < 1.29 is 0 Å². The van der Waals surface area contributed by atoms with Crippen LogP contribution in [0.4, 0.5) is 5.95 Å². The Morgan fingerprint density at radius 3 is 2.67 bits per heavy atom. The van der Waals surface area contributed by atoms with Gasteiger partial charge in [-0.25, -0.2) is 9.97 Å². The molecule has 8 heteroatoms. The minimum Gasteiger partial charge on any atom is -0.360 e.